The van der Waals surface area contributed by atoms with Gasteiger partial charge in [0.25, 0.3) is 0 Å². The molecule has 2 fully saturated rings. The zero-order valence-electron chi connectivity index (χ0n) is 10.2. The van der Waals surface area contributed by atoms with Crippen molar-refractivity contribution in [2.24, 2.45) is 11.8 Å². The third-order valence-corrected chi connectivity index (χ3v) is 3.82. The summed E-state index contributed by atoms with van der Waals surface area (Å²) in [5.41, 5.74) is 0. The molecule has 0 N–H and O–H groups in total. The van der Waals surface area contributed by atoms with Crippen molar-refractivity contribution in [3.8, 4) is 0 Å². The molecule has 0 aromatic carbocycles. The monoisotopic (exact) mass is 265 g/mol. The Kier molecular flexibility index (Phi) is 4.14. The highest BCUT2D eigenvalue weighted by atomic mass is 19.4. The summed E-state index contributed by atoms with van der Waals surface area (Å²) < 4.78 is 41.2. The van der Waals surface area contributed by atoms with Crippen LogP contribution in [0.25, 0.3) is 0 Å². The van der Waals surface area contributed by atoms with Crippen molar-refractivity contribution in [3.05, 3.63) is 0 Å². The van der Waals surface area contributed by atoms with Crippen LogP contribution in [-0.2, 0) is 9.53 Å². The summed E-state index contributed by atoms with van der Waals surface area (Å²) in [6.07, 6.45) is -3.64. The first kappa shape index (κ1) is 13.6. The van der Waals surface area contributed by atoms with E-state index >= 15 is 0 Å². The van der Waals surface area contributed by atoms with Crippen LogP contribution in [0.3, 0.4) is 0 Å². The van der Waals surface area contributed by atoms with E-state index in [0.717, 1.165) is 26.1 Å². The molecule has 6 heteroatoms. The average molecular weight is 265 g/mol. The lowest BCUT2D eigenvalue weighted by atomic mass is 9.81. The molecule has 3 nitrogen and oxygen atoms in total. The van der Waals surface area contributed by atoms with Crippen LogP contribution in [-0.4, -0.2) is 43.3 Å². The van der Waals surface area contributed by atoms with Crippen molar-refractivity contribution in [2.75, 3.05) is 26.3 Å². The smallest absolute Gasteiger partial charge is 0.381 e. The van der Waals surface area contributed by atoms with Crippen molar-refractivity contribution < 1.29 is 22.7 Å². The van der Waals surface area contributed by atoms with Gasteiger partial charge in [-0.15, -0.1) is 0 Å². The highest BCUT2D eigenvalue weighted by Crippen LogP contribution is 2.32. The Labute approximate surface area is 104 Å². The van der Waals surface area contributed by atoms with Gasteiger partial charge in [-0.25, -0.2) is 0 Å². The van der Waals surface area contributed by atoms with Gasteiger partial charge in [-0.3, -0.25) is 4.79 Å². The maximum Gasteiger partial charge on any atom is 0.389 e. The van der Waals surface area contributed by atoms with Gasteiger partial charge in [-0.2, -0.15) is 13.2 Å². The fourth-order valence-corrected chi connectivity index (χ4v) is 2.61. The first-order valence-corrected chi connectivity index (χ1v) is 6.38. The number of likely N-dealkylation sites (tertiary alicyclic amines) is 1. The number of hydrogen-bond donors (Lipinski definition) is 0. The van der Waals surface area contributed by atoms with E-state index in [0.29, 0.717) is 24.9 Å². The maximum atomic E-state index is 12.0. The molecule has 0 saturated carbocycles. The van der Waals surface area contributed by atoms with Crippen molar-refractivity contribution in [1.29, 1.82) is 0 Å². The van der Waals surface area contributed by atoms with Crippen LogP contribution in [0.2, 0.25) is 0 Å². The van der Waals surface area contributed by atoms with E-state index in [4.69, 9.17) is 4.74 Å². The zero-order chi connectivity index (χ0) is 13.2. The Hall–Kier alpha value is -0.780. The summed E-state index contributed by atoms with van der Waals surface area (Å²) in [4.78, 5) is 13.0. The van der Waals surface area contributed by atoms with Crippen LogP contribution < -0.4 is 0 Å². The Morgan fingerprint density at radius 3 is 2.33 bits per heavy atom. The first-order chi connectivity index (χ1) is 8.46. The van der Waals surface area contributed by atoms with Crippen LogP contribution in [0, 0.1) is 11.8 Å². The van der Waals surface area contributed by atoms with E-state index in [1.807, 2.05) is 0 Å². The van der Waals surface area contributed by atoms with Gasteiger partial charge in [0.2, 0.25) is 5.91 Å². The van der Waals surface area contributed by atoms with Gasteiger partial charge in [-0.05, 0) is 24.7 Å². The van der Waals surface area contributed by atoms with Gasteiger partial charge >= 0.3 is 6.18 Å². The third-order valence-electron chi connectivity index (χ3n) is 3.82. The standard InChI is InChI=1S/C12H18F3NO2/c13-12(14,15)4-1-11(17)16-7-10(8-16)9-2-5-18-6-3-9/h9-10H,1-8H2. The summed E-state index contributed by atoms with van der Waals surface area (Å²) >= 11 is 0. The quantitative estimate of drug-likeness (QED) is 0.783. The summed E-state index contributed by atoms with van der Waals surface area (Å²) in [5, 5.41) is 0. The van der Waals surface area contributed by atoms with Gasteiger partial charge in [0, 0.05) is 32.7 Å². The summed E-state index contributed by atoms with van der Waals surface area (Å²) in [6, 6.07) is 0. The van der Waals surface area contributed by atoms with Crippen LogP contribution in [0.4, 0.5) is 13.2 Å². The molecule has 1 amide bonds. The highest BCUT2D eigenvalue weighted by molar-refractivity contribution is 5.77. The Morgan fingerprint density at radius 1 is 1.17 bits per heavy atom. The molecule has 2 aliphatic heterocycles. The lowest BCUT2D eigenvalue weighted by Gasteiger charge is -2.44. The van der Waals surface area contributed by atoms with Crippen LogP contribution >= 0.6 is 0 Å². The molecule has 2 aliphatic rings. The van der Waals surface area contributed by atoms with Crippen molar-refractivity contribution in [3.63, 3.8) is 0 Å². The van der Waals surface area contributed by atoms with Crippen LogP contribution in [0.15, 0.2) is 0 Å². The van der Waals surface area contributed by atoms with E-state index in [1.54, 1.807) is 4.90 Å². The van der Waals surface area contributed by atoms with E-state index < -0.39 is 19.0 Å². The van der Waals surface area contributed by atoms with Crippen molar-refractivity contribution in [1.82, 2.24) is 4.90 Å². The average Bonchev–Trinajstić information content (AvgIpc) is 2.25. The highest BCUT2D eigenvalue weighted by Gasteiger charge is 2.37. The minimum atomic E-state index is -4.24. The Bertz CT molecular complexity index is 294. The summed E-state index contributed by atoms with van der Waals surface area (Å²) in [5.74, 6) is 0.671. The summed E-state index contributed by atoms with van der Waals surface area (Å²) in [6.45, 7) is 2.79. The first-order valence-electron chi connectivity index (χ1n) is 6.38. The summed E-state index contributed by atoms with van der Waals surface area (Å²) in [7, 11) is 0. The molecule has 104 valence electrons. The SMILES string of the molecule is O=C(CCC(F)(F)F)N1CC(C2CCOCC2)C1. The van der Waals surface area contributed by atoms with E-state index in [-0.39, 0.29) is 5.91 Å². The topological polar surface area (TPSA) is 29.5 Å². The number of carbonyl (C=O) groups is 1. The zero-order valence-corrected chi connectivity index (χ0v) is 10.2. The normalized spacial score (nSPS) is 22.9. The van der Waals surface area contributed by atoms with E-state index in [1.165, 1.54) is 0 Å². The lowest BCUT2D eigenvalue weighted by molar-refractivity contribution is -0.154. The second kappa shape index (κ2) is 5.47. The second-order valence-corrected chi connectivity index (χ2v) is 5.12. The number of carbonyl (C=O) groups excluding carboxylic acids is 1. The fourth-order valence-electron chi connectivity index (χ4n) is 2.61. The van der Waals surface area contributed by atoms with Crippen molar-refractivity contribution in [2.45, 2.75) is 31.9 Å². The van der Waals surface area contributed by atoms with Gasteiger partial charge in [-0.1, -0.05) is 0 Å². The number of hydrogen-bond acceptors (Lipinski definition) is 2. The third kappa shape index (κ3) is 3.60. The Morgan fingerprint density at radius 2 is 1.78 bits per heavy atom. The largest absolute Gasteiger partial charge is 0.389 e. The minimum absolute atomic E-state index is 0.365. The maximum absolute atomic E-state index is 12.0. The van der Waals surface area contributed by atoms with Crippen LogP contribution in [0.5, 0.6) is 0 Å². The molecule has 0 atom stereocenters. The van der Waals surface area contributed by atoms with Gasteiger partial charge < -0.3 is 9.64 Å². The van der Waals surface area contributed by atoms with Crippen LogP contribution in [0.1, 0.15) is 25.7 Å². The van der Waals surface area contributed by atoms with Gasteiger partial charge in [0.15, 0.2) is 0 Å². The molecule has 2 rings (SSSR count). The number of halogens is 3. The Balaban J connectivity index is 1.67. The molecular weight excluding hydrogens is 247 g/mol. The molecule has 0 aromatic rings. The molecule has 0 radical (unpaired) electrons. The lowest BCUT2D eigenvalue weighted by Crippen LogP contribution is -2.53. The molecule has 0 aliphatic carbocycles. The van der Waals surface area contributed by atoms with E-state index in [2.05, 4.69) is 0 Å². The minimum Gasteiger partial charge on any atom is -0.381 e. The van der Waals surface area contributed by atoms with Crippen molar-refractivity contribution >= 4 is 5.91 Å². The molecular formula is C12H18F3NO2. The number of rotatable bonds is 3. The number of nitrogens with zero attached hydrogens (tertiary/aromatic N) is 1. The fraction of sp³-hybridized carbons (Fsp3) is 0.917. The molecule has 0 aromatic heterocycles. The predicted molar refractivity (Wildman–Crippen MR) is 58.9 cm³/mol. The predicted octanol–water partition coefficient (Wildman–Crippen LogP) is 2.21. The van der Waals surface area contributed by atoms with Gasteiger partial charge in [0.05, 0.1) is 6.42 Å². The number of alkyl halides is 3. The second-order valence-electron chi connectivity index (χ2n) is 5.12. The molecule has 0 unspecified atom stereocenters. The molecule has 0 spiro atoms. The number of amides is 1. The molecule has 2 heterocycles. The number of ether oxygens (including phenoxy) is 1. The molecule has 0 bridgehead atoms. The van der Waals surface area contributed by atoms with E-state index in [9.17, 15) is 18.0 Å². The van der Waals surface area contributed by atoms with Gasteiger partial charge in [0.1, 0.15) is 0 Å². The molecule has 18 heavy (non-hydrogen) atoms. The molecule has 2 saturated heterocycles.